The fourth-order valence-corrected chi connectivity index (χ4v) is 1.81. The van der Waals surface area contributed by atoms with Gasteiger partial charge in [-0.1, -0.05) is 18.2 Å². The first kappa shape index (κ1) is 13.8. The van der Waals surface area contributed by atoms with Gasteiger partial charge in [0.2, 0.25) is 0 Å². The van der Waals surface area contributed by atoms with Crippen LogP contribution in [0.15, 0.2) is 24.3 Å². The predicted molar refractivity (Wildman–Crippen MR) is 67.8 cm³/mol. The Morgan fingerprint density at radius 3 is 2.79 bits per heavy atom. The fourth-order valence-electron chi connectivity index (χ4n) is 1.81. The van der Waals surface area contributed by atoms with Gasteiger partial charge >= 0.3 is 5.97 Å². The van der Waals surface area contributed by atoms with Crippen LogP contribution >= 0.6 is 0 Å². The Morgan fingerprint density at radius 2 is 2.05 bits per heavy atom. The van der Waals surface area contributed by atoms with Gasteiger partial charge in [-0.15, -0.1) is 0 Å². The number of esters is 1. The Hall–Kier alpha value is -1.59. The van der Waals surface area contributed by atoms with E-state index in [2.05, 4.69) is 0 Å². The standard InChI is InChI=1S/C14H18O5/c1-2-16-13(15)10-19-12-7-4-3-6-11(12)14-17-8-5-9-18-14/h3-4,6-7,14H,2,5,8-10H2,1H3. The number of hydrogen-bond acceptors (Lipinski definition) is 5. The SMILES string of the molecule is CCOC(=O)COc1ccccc1C1OCCCO1. The molecule has 0 saturated carbocycles. The van der Waals surface area contributed by atoms with Gasteiger partial charge in [0.25, 0.3) is 0 Å². The summed E-state index contributed by atoms with van der Waals surface area (Å²) in [5.74, 6) is 0.199. The van der Waals surface area contributed by atoms with Crippen molar-refractivity contribution in [1.29, 1.82) is 0 Å². The van der Waals surface area contributed by atoms with E-state index in [1.165, 1.54) is 0 Å². The van der Waals surface area contributed by atoms with Crippen LogP contribution in [0.4, 0.5) is 0 Å². The zero-order valence-corrected chi connectivity index (χ0v) is 11.0. The van der Waals surface area contributed by atoms with Crippen LogP contribution in [-0.2, 0) is 19.0 Å². The lowest BCUT2D eigenvalue weighted by atomic mass is 10.2. The van der Waals surface area contributed by atoms with Crippen LogP contribution in [0.25, 0.3) is 0 Å². The minimum Gasteiger partial charge on any atom is -0.481 e. The molecule has 0 aliphatic carbocycles. The lowest BCUT2D eigenvalue weighted by Gasteiger charge is -2.25. The van der Waals surface area contributed by atoms with Gasteiger partial charge < -0.3 is 18.9 Å². The van der Waals surface area contributed by atoms with Crippen molar-refractivity contribution in [2.75, 3.05) is 26.4 Å². The summed E-state index contributed by atoms with van der Waals surface area (Å²) in [6.45, 7) is 3.32. The Balaban J connectivity index is 2.01. The molecule has 1 aliphatic heterocycles. The molecule has 5 nitrogen and oxygen atoms in total. The molecular formula is C14H18O5. The molecule has 0 radical (unpaired) electrons. The summed E-state index contributed by atoms with van der Waals surface area (Å²) in [6, 6.07) is 7.38. The average Bonchev–Trinajstić information content (AvgIpc) is 2.47. The van der Waals surface area contributed by atoms with Crippen molar-refractivity contribution in [3.8, 4) is 5.75 Å². The molecule has 0 unspecified atom stereocenters. The molecule has 0 N–H and O–H groups in total. The highest BCUT2D eigenvalue weighted by molar-refractivity contribution is 5.71. The third-order valence-corrected chi connectivity index (χ3v) is 2.65. The summed E-state index contributed by atoms with van der Waals surface area (Å²) in [4.78, 5) is 11.3. The molecule has 19 heavy (non-hydrogen) atoms. The summed E-state index contributed by atoms with van der Waals surface area (Å²) in [5, 5.41) is 0. The van der Waals surface area contributed by atoms with Gasteiger partial charge in [0.15, 0.2) is 12.9 Å². The fraction of sp³-hybridized carbons (Fsp3) is 0.500. The topological polar surface area (TPSA) is 54.0 Å². The molecule has 0 bridgehead atoms. The molecule has 1 heterocycles. The van der Waals surface area contributed by atoms with E-state index in [-0.39, 0.29) is 12.6 Å². The molecule has 2 rings (SSSR count). The molecule has 1 saturated heterocycles. The van der Waals surface area contributed by atoms with E-state index in [1.807, 2.05) is 18.2 Å². The second-order valence-electron chi connectivity index (χ2n) is 4.06. The summed E-state index contributed by atoms with van der Waals surface area (Å²) >= 11 is 0. The Morgan fingerprint density at radius 1 is 1.32 bits per heavy atom. The van der Waals surface area contributed by atoms with E-state index < -0.39 is 6.29 Å². The minimum absolute atomic E-state index is 0.114. The van der Waals surface area contributed by atoms with Crippen molar-refractivity contribution in [1.82, 2.24) is 0 Å². The maximum absolute atomic E-state index is 11.3. The van der Waals surface area contributed by atoms with Crippen molar-refractivity contribution in [2.45, 2.75) is 19.6 Å². The normalized spacial score (nSPS) is 16.1. The van der Waals surface area contributed by atoms with Gasteiger partial charge in [-0.25, -0.2) is 4.79 Å². The summed E-state index contributed by atoms with van der Waals surface area (Å²) in [6.07, 6.45) is 0.467. The van der Waals surface area contributed by atoms with Gasteiger partial charge in [0.1, 0.15) is 5.75 Å². The van der Waals surface area contributed by atoms with Gasteiger partial charge in [0, 0.05) is 5.56 Å². The molecule has 1 fully saturated rings. The number of ether oxygens (including phenoxy) is 4. The summed E-state index contributed by atoms with van der Waals surface area (Å²) < 4.78 is 21.4. The Kier molecular flexibility index (Phi) is 5.18. The Labute approximate surface area is 112 Å². The molecule has 0 amide bonds. The second kappa shape index (κ2) is 7.11. The maximum Gasteiger partial charge on any atom is 0.344 e. The van der Waals surface area contributed by atoms with Gasteiger partial charge in [-0.2, -0.15) is 0 Å². The third kappa shape index (κ3) is 3.94. The average molecular weight is 266 g/mol. The summed E-state index contributed by atoms with van der Waals surface area (Å²) in [5.41, 5.74) is 0.798. The first-order valence-electron chi connectivity index (χ1n) is 6.42. The molecule has 1 aromatic rings. The largest absolute Gasteiger partial charge is 0.481 e. The van der Waals surface area contributed by atoms with E-state index in [9.17, 15) is 4.79 Å². The highest BCUT2D eigenvalue weighted by Gasteiger charge is 2.20. The number of hydrogen-bond donors (Lipinski definition) is 0. The van der Waals surface area contributed by atoms with E-state index in [4.69, 9.17) is 18.9 Å². The second-order valence-corrected chi connectivity index (χ2v) is 4.06. The van der Waals surface area contributed by atoms with Crippen molar-refractivity contribution in [2.24, 2.45) is 0 Å². The van der Waals surface area contributed by atoms with Crippen LogP contribution in [0.1, 0.15) is 25.2 Å². The quantitative estimate of drug-likeness (QED) is 0.764. The van der Waals surface area contributed by atoms with Crippen LogP contribution in [-0.4, -0.2) is 32.4 Å². The zero-order chi connectivity index (χ0) is 13.5. The molecule has 1 aliphatic rings. The number of carbonyl (C=O) groups excluding carboxylic acids is 1. The molecule has 1 aromatic carbocycles. The van der Waals surface area contributed by atoms with Crippen LogP contribution in [0.5, 0.6) is 5.75 Å². The molecular weight excluding hydrogens is 248 g/mol. The smallest absolute Gasteiger partial charge is 0.344 e. The Bertz CT molecular complexity index is 412. The highest BCUT2D eigenvalue weighted by atomic mass is 16.7. The number of rotatable bonds is 5. The number of para-hydroxylation sites is 1. The first-order chi connectivity index (χ1) is 9.31. The van der Waals surface area contributed by atoms with Crippen molar-refractivity contribution < 1.29 is 23.7 Å². The highest BCUT2D eigenvalue weighted by Crippen LogP contribution is 2.30. The van der Waals surface area contributed by atoms with Crippen molar-refractivity contribution >= 4 is 5.97 Å². The molecule has 0 atom stereocenters. The third-order valence-electron chi connectivity index (χ3n) is 2.65. The minimum atomic E-state index is -0.424. The number of benzene rings is 1. The van der Waals surface area contributed by atoms with Gasteiger partial charge in [-0.05, 0) is 19.4 Å². The van der Waals surface area contributed by atoms with E-state index in [1.54, 1.807) is 13.0 Å². The molecule has 104 valence electrons. The van der Waals surface area contributed by atoms with Crippen molar-refractivity contribution in [3.63, 3.8) is 0 Å². The zero-order valence-electron chi connectivity index (χ0n) is 11.0. The molecule has 0 spiro atoms. The summed E-state index contributed by atoms with van der Waals surface area (Å²) in [7, 11) is 0. The maximum atomic E-state index is 11.3. The van der Waals surface area contributed by atoms with Gasteiger partial charge in [-0.3, -0.25) is 0 Å². The molecule has 0 aromatic heterocycles. The van der Waals surface area contributed by atoms with Crippen LogP contribution in [0.3, 0.4) is 0 Å². The first-order valence-corrected chi connectivity index (χ1v) is 6.42. The van der Waals surface area contributed by atoms with Crippen LogP contribution in [0.2, 0.25) is 0 Å². The predicted octanol–water partition coefficient (Wildman–Crippen LogP) is 2.06. The van der Waals surface area contributed by atoms with Crippen LogP contribution in [0, 0.1) is 0 Å². The monoisotopic (exact) mass is 266 g/mol. The lowest BCUT2D eigenvalue weighted by Crippen LogP contribution is -2.20. The van der Waals surface area contributed by atoms with Crippen molar-refractivity contribution in [3.05, 3.63) is 29.8 Å². The van der Waals surface area contributed by atoms with Crippen LogP contribution < -0.4 is 4.74 Å². The lowest BCUT2D eigenvalue weighted by molar-refractivity contribution is -0.183. The van der Waals surface area contributed by atoms with E-state index in [0.29, 0.717) is 25.6 Å². The van der Waals surface area contributed by atoms with E-state index in [0.717, 1.165) is 12.0 Å². The number of carbonyl (C=O) groups is 1. The van der Waals surface area contributed by atoms with E-state index >= 15 is 0 Å². The van der Waals surface area contributed by atoms with Gasteiger partial charge in [0.05, 0.1) is 19.8 Å². The molecule has 5 heteroatoms.